The third-order valence-electron chi connectivity index (χ3n) is 7.23. The van der Waals surface area contributed by atoms with Crippen molar-refractivity contribution in [3.63, 3.8) is 0 Å². The largest absolute Gasteiger partial charge is 0.208 e. The van der Waals surface area contributed by atoms with Crippen molar-refractivity contribution in [1.82, 2.24) is 15.0 Å². The standard InChI is InChI=1S/C33H19N3/c1-3-8-22(9-4-1)31-34-32(23-10-5-2-6-11-23)36-33(35-31)27-19-18-25-24-13-7-12-20-14-15-21-16-17-26(27)30(25)29(21)28(20)24/h1-19H. The smallest absolute Gasteiger partial charge is 0.164 e. The molecule has 36 heavy (non-hydrogen) atoms. The molecule has 0 N–H and O–H groups in total. The summed E-state index contributed by atoms with van der Waals surface area (Å²) in [4.78, 5) is 14.9. The van der Waals surface area contributed by atoms with Gasteiger partial charge in [-0.25, -0.2) is 15.0 Å². The van der Waals surface area contributed by atoms with Crippen LogP contribution in [0, 0.1) is 0 Å². The number of aromatic nitrogens is 3. The highest BCUT2D eigenvalue weighted by atomic mass is 15.0. The van der Waals surface area contributed by atoms with Crippen molar-refractivity contribution in [2.24, 2.45) is 0 Å². The van der Waals surface area contributed by atoms with Crippen molar-refractivity contribution < 1.29 is 0 Å². The molecule has 1 aliphatic carbocycles. The molecule has 0 fully saturated rings. The number of fused-ring (bicyclic) bond motifs is 1. The SMILES string of the molecule is c1ccc(-c2nc(-c3ccccc3)nc(-c3ccc4c5c3ccc3ccc6cccc-4c6c35)n2)cc1. The molecule has 3 nitrogen and oxygen atoms in total. The number of hydrogen-bond donors (Lipinski definition) is 0. The van der Waals surface area contributed by atoms with E-state index < -0.39 is 0 Å². The number of nitrogens with zero attached hydrogens (tertiary/aromatic N) is 3. The maximum atomic E-state index is 5.00. The van der Waals surface area contributed by atoms with Gasteiger partial charge in [-0.1, -0.05) is 109 Å². The van der Waals surface area contributed by atoms with E-state index in [9.17, 15) is 0 Å². The maximum absolute atomic E-state index is 5.00. The first-order valence-corrected chi connectivity index (χ1v) is 12.1. The topological polar surface area (TPSA) is 38.7 Å². The summed E-state index contributed by atoms with van der Waals surface area (Å²) in [6.45, 7) is 0. The van der Waals surface area contributed by atoms with Crippen LogP contribution in [0.5, 0.6) is 0 Å². The van der Waals surface area contributed by atoms with Crippen LogP contribution < -0.4 is 0 Å². The van der Waals surface area contributed by atoms with E-state index >= 15 is 0 Å². The van der Waals surface area contributed by atoms with Gasteiger partial charge in [0, 0.05) is 16.7 Å². The van der Waals surface area contributed by atoms with E-state index in [4.69, 9.17) is 15.0 Å². The highest BCUT2D eigenvalue weighted by molar-refractivity contribution is 6.34. The molecule has 0 saturated heterocycles. The molecule has 0 bridgehead atoms. The quantitative estimate of drug-likeness (QED) is 0.250. The summed E-state index contributed by atoms with van der Waals surface area (Å²) in [5.41, 5.74) is 5.57. The van der Waals surface area contributed by atoms with Crippen molar-refractivity contribution >= 4 is 32.3 Å². The fourth-order valence-electron chi connectivity index (χ4n) is 5.61. The monoisotopic (exact) mass is 457 g/mol. The van der Waals surface area contributed by atoms with E-state index in [1.165, 1.54) is 43.4 Å². The lowest BCUT2D eigenvalue weighted by Crippen LogP contribution is -2.00. The molecule has 0 spiro atoms. The summed E-state index contributed by atoms with van der Waals surface area (Å²) >= 11 is 0. The van der Waals surface area contributed by atoms with Crippen LogP contribution in [0.25, 0.3) is 77.6 Å². The fourth-order valence-corrected chi connectivity index (χ4v) is 5.61. The molecule has 0 unspecified atom stereocenters. The Morgan fingerprint density at radius 3 is 1.58 bits per heavy atom. The van der Waals surface area contributed by atoms with Crippen molar-refractivity contribution in [2.75, 3.05) is 0 Å². The van der Waals surface area contributed by atoms with Gasteiger partial charge in [-0.3, -0.25) is 0 Å². The molecule has 3 heteroatoms. The average molecular weight is 458 g/mol. The minimum atomic E-state index is 0.679. The molecule has 166 valence electrons. The Bertz CT molecular complexity index is 1920. The second-order valence-corrected chi connectivity index (χ2v) is 9.25. The third kappa shape index (κ3) is 2.71. The molecule has 0 atom stereocenters. The van der Waals surface area contributed by atoms with Crippen LogP contribution in [0.3, 0.4) is 0 Å². The molecule has 1 aromatic heterocycles. The van der Waals surface area contributed by atoms with E-state index in [1.54, 1.807) is 0 Å². The van der Waals surface area contributed by atoms with Crippen LogP contribution in [-0.2, 0) is 0 Å². The first kappa shape index (κ1) is 19.4. The van der Waals surface area contributed by atoms with Gasteiger partial charge in [-0.2, -0.15) is 0 Å². The van der Waals surface area contributed by atoms with Gasteiger partial charge in [0.2, 0.25) is 0 Å². The first-order chi connectivity index (χ1) is 17.8. The molecule has 0 aliphatic heterocycles. The van der Waals surface area contributed by atoms with Crippen molar-refractivity contribution in [3.05, 3.63) is 115 Å². The van der Waals surface area contributed by atoms with E-state index in [1.807, 2.05) is 60.7 Å². The van der Waals surface area contributed by atoms with E-state index in [0.29, 0.717) is 17.5 Å². The average Bonchev–Trinajstić information content (AvgIpc) is 3.30. The van der Waals surface area contributed by atoms with Crippen LogP contribution in [0.4, 0.5) is 0 Å². The molecule has 0 radical (unpaired) electrons. The van der Waals surface area contributed by atoms with Gasteiger partial charge in [0.1, 0.15) is 0 Å². The Kier molecular flexibility index (Phi) is 3.94. The lowest BCUT2D eigenvalue weighted by atomic mass is 9.97. The van der Waals surface area contributed by atoms with Gasteiger partial charge in [-0.05, 0) is 49.5 Å². The number of benzene rings is 6. The van der Waals surface area contributed by atoms with Crippen molar-refractivity contribution in [1.29, 1.82) is 0 Å². The Morgan fingerprint density at radius 1 is 0.333 bits per heavy atom. The Balaban J connectivity index is 1.44. The molecule has 0 saturated carbocycles. The Morgan fingerprint density at radius 2 is 0.889 bits per heavy atom. The summed E-state index contributed by atoms with van der Waals surface area (Å²) in [6, 6.07) is 40.2. The van der Waals surface area contributed by atoms with Gasteiger partial charge >= 0.3 is 0 Å². The van der Waals surface area contributed by atoms with Gasteiger partial charge in [-0.15, -0.1) is 0 Å². The van der Waals surface area contributed by atoms with Crippen molar-refractivity contribution in [2.45, 2.75) is 0 Å². The molecular formula is C33H19N3. The molecule has 0 amide bonds. The third-order valence-corrected chi connectivity index (χ3v) is 7.23. The zero-order valence-electron chi connectivity index (χ0n) is 19.3. The van der Waals surface area contributed by atoms with Crippen LogP contribution in [-0.4, -0.2) is 15.0 Å². The Hall–Kier alpha value is -4.89. The summed E-state index contributed by atoms with van der Waals surface area (Å²) in [5, 5.41) is 7.69. The minimum Gasteiger partial charge on any atom is -0.208 e. The first-order valence-electron chi connectivity index (χ1n) is 12.1. The predicted octanol–water partition coefficient (Wildman–Crippen LogP) is 8.31. The zero-order valence-corrected chi connectivity index (χ0v) is 19.3. The summed E-state index contributed by atoms with van der Waals surface area (Å²) in [5.74, 6) is 2.05. The molecule has 8 rings (SSSR count). The van der Waals surface area contributed by atoms with Gasteiger partial charge in [0.15, 0.2) is 17.5 Å². The van der Waals surface area contributed by atoms with Crippen molar-refractivity contribution in [3.8, 4) is 45.3 Å². The number of rotatable bonds is 3. The molecule has 6 aromatic carbocycles. The van der Waals surface area contributed by atoms with Crippen LogP contribution in [0.2, 0.25) is 0 Å². The van der Waals surface area contributed by atoms with E-state index in [0.717, 1.165) is 16.7 Å². The van der Waals surface area contributed by atoms with Gasteiger partial charge < -0.3 is 0 Å². The second-order valence-electron chi connectivity index (χ2n) is 9.25. The molecule has 1 aliphatic rings. The predicted molar refractivity (Wildman–Crippen MR) is 148 cm³/mol. The van der Waals surface area contributed by atoms with Crippen LogP contribution >= 0.6 is 0 Å². The molecule has 1 heterocycles. The summed E-state index contributed by atoms with van der Waals surface area (Å²) in [6.07, 6.45) is 0. The normalized spacial score (nSPS) is 11.9. The number of hydrogen-bond acceptors (Lipinski definition) is 3. The van der Waals surface area contributed by atoms with Crippen LogP contribution in [0.15, 0.2) is 115 Å². The van der Waals surface area contributed by atoms with Crippen LogP contribution in [0.1, 0.15) is 0 Å². The van der Waals surface area contributed by atoms with E-state index in [2.05, 4.69) is 54.6 Å². The van der Waals surface area contributed by atoms with E-state index in [-0.39, 0.29) is 0 Å². The highest BCUT2D eigenvalue weighted by Gasteiger charge is 2.23. The van der Waals surface area contributed by atoms with Gasteiger partial charge in [0.05, 0.1) is 0 Å². The molecular weight excluding hydrogens is 438 g/mol. The summed E-state index contributed by atoms with van der Waals surface area (Å²) < 4.78 is 0. The second kappa shape index (κ2) is 7.30. The summed E-state index contributed by atoms with van der Waals surface area (Å²) in [7, 11) is 0. The Labute approximate surface area is 207 Å². The van der Waals surface area contributed by atoms with Gasteiger partial charge in [0.25, 0.3) is 0 Å². The molecule has 7 aromatic rings. The fraction of sp³-hybridized carbons (Fsp3) is 0. The highest BCUT2D eigenvalue weighted by Crippen LogP contribution is 2.49. The lowest BCUT2D eigenvalue weighted by molar-refractivity contribution is 1.08. The minimum absolute atomic E-state index is 0.679. The zero-order chi connectivity index (χ0) is 23.6. The maximum Gasteiger partial charge on any atom is 0.164 e. The lowest BCUT2D eigenvalue weighted by Gasteiger charge is -2.12.